The summed E-state index contributed by atoms with van der Waals surface area (Å²) in [5, 5.41) is 0. The first-order valence-electron chi connectivity index (χ1n) is 5.13. The molecular formula is C12H10F3N3. The van der Waals surface area contributed by atoms with Crippen LogP contribution < -0.4 is 5.73 Å². The molecule has 3 nitrogen and oxygen atoms in total. The molecule has 2 rings (SSSR count). The summed E-state index contributed by atoms with van der Waals surface area (Å²) in [6.45, 7) is 1.60. The van der Waals surface area contributed by atoms with Crippen molar-refractivity contribution < 1.29 is 13.2 Å². The van der Waals surface area contributed by atoms with E-state index >= 15 is 0 Å². The summed E-state index contributed by atoms with van der Waals surface area (Å²) in [6, 6.07) is 5.03. The van der Waals surface area contributed by atoms with Crippen LogP contribution >= 0.6 is 0 Å². The molecule has 2 aromatic rings. The fourth-order valence-electron chi connectivity index (χ4n) is 1.65. The summed E-state index contributed by atoms with van der Waals surface area (Å²) in [6.07, 6.45) is -3.06. The van der Waals surface area contributed by atoms with Gasteiger partial charge in [-0.1, -0.05) is 6.07 Å². The van der Waals surface area contributed by atoms with Gasteiger partial charge >= 0.3 is 6.18 Å². The number of nitrogen functional groups attached to an aromatic ring is 1. The molecule has 18 heavy (non-hydrogen) atoms. The fraction of sp³-hybridized carbons (Fsp3) is 0.167. The lowest BCUT2D eigenvalue weighted by molar-refractivity contribution is -0.137. The van der Waals surface area contributed by atoms with Crippen molar-refractivity contribution in [1.29, 1.82) is 0 Å². The maximum Gasteiger partial charge on any atom is 0.416 e. The zero-order chi connectivity index (χ0) is 13.3. The topological polar surface area (TPSA) is 51.8 Å². The number of anilines is 1. The molecule has 0 atom stereocenters. The highest BCUT2D eigenvalue weighted by Gasteiger charge is 2.30. The molecule has 0 bridgehead atoms. The molecular weight excluding hydrogens is 243 g/mol. The summed E-state index contributed by atoms with van der Waals surface area (Å²) >= 11 is 0. The van der Waals surface area contributed by atoms with Crippen molar-refractivity contribution in [3.63, 3.8) is 0 Å². The number of benzene rings is 1. The second-order valence-electron chi connectivity index (χ2n) is 3.86. The molecule has 0 aliphatic heterocycles. The van der Waals surface area contributed by atoms with Gasteiger partial charge in [0.25, 0.3) is 0 Å². The molecule has 0 amide bonds. The molecule has 0 saturated heterocycles. The normalized spacial score (nSPS) is 11.6. The number of hydrogen-bond donors (Lipinski definition) is 1. The van der Waals surface area contributed by atoms with Crippen molar-refractivity contribution in [1.82, 2.24) is 9.97 Å². The third kappa shape index (κ3) is 2.42. The average Bonchev–Trinajstić information content (AvgIpc) is 2.27. The van der Waals surface area contributed by atoms with Crippen molar-refractivity contribution in [2.45, 2.75) is 13.1 Å². The highest BCUT2D eigenvalue weighted by atomic mass is 19.4. The Morgan fingerprint density at radius 2 is 1.83 bits per heavy atom. The Bertz CT molecular complexity index is 579. The first kappa shape index (κ1) is 12.3. The van der Waals surface area contributed by atoms with Crippen LogP contribution in [0.1, 0.15) is 11.1 Å². The SMILES string of the molecule is Cc1cc(C(F)(F)F)ccc1-c1cc(N)ncn1. The van der Waals surface area contributed by atoms with Gasteiger partial charge in [0.2, 0.25) is 0 Å². The highest BCUT2D eigenvalue weighted by molar-refractivity contribution is 5.65. The second-order valence-corrected chi connectivity index (χ2v) is 3.86. The zero-order valence-corrected chi connectivity index (χ0v) is 9.49. The molecule has 0 radical (unpaired) electrons. The Hall–Kier alpha value is -2.11. The molecule has 0 aliphatic carbocycles. The van der Waals surface area contributed by atoms with Gasteiger partial charge in [-0.3, -0.25) is 0 Å². The number of halogens is 3. The van der Waals surface area contributed by atoms with Crippen molar-refractivity contribution in [3.8, 4) is 11.3 Å². The van der Waals surface area contributed by atoms with E-state index in [9.17, 15) is 13.2 Å². The minimum absolute atomic E-state index is 0.277. The van der Waals surface area contributed by atoms with Crippen LogP contribution in [-0.4, -0.2) is 9.97 Å². The first-order valence-corrected chi connectivity index (χ1v) is 5.13. The number of alkyl halides is 3. The van der Waals surface area contributed by atoms with Gasteiger partial charge in [-0.25, -0.2) is 9.97 Å². The van der Waals surface area contributed by atoms with Crippen LogP contribution in [0.15, 0.2) is 30.6 Å². The predicted molar refractivity (Wildman–Crippen MR) is 61.6 cm³/mol. The summed E-state index contributed by atoms with van der Waals surface area (Å²) in [5.74, 6) is 0.277. The molecule has 0 aliphatic rings. The smallest absolute Gasteiger partial charge is 0.384 e. The largest absolute Gasteiger partial charge is 0.416 e. The summed E-state index contributed by atoms with van der Waals surface area (Å²) in [5.41, 5.74) is 6.44. The third-order valence-corrected chi connectivity index (χ3v) is 2.52. The van der Waals surface area contributed by atoms with E-state index in [0.29, 0.717) is 16.8 Å². The number of hydrogen-bond acceptors (Lipinski definition) is 3. The number of aryl methyl sites for hydroxylation is 1. The van der Waals surface area contributed by atoms with E-state index in [1.807, 2.05) is 0 Å². The lowest BCUT2D eigenvalue weighted by atomic mass is 10.0. The maximum absolute atomic E-state index is 12.5. The number of aromatic nitrogens is 2. The lowest BCUT2D eigenvalue weighted by Crippen LogP contribution is -2.05. The van der Waals surface area contributed by atoms with Crippen molar-refractivity contribution in [2.75, 3.05) is 5.73 Å². The van der Waals surface area contributed by atoms with Crippen LogP contribution in [0.3, 0.4) is 0 Å². The summed E-state index contributed by atoms with van der Waals surface area (Å²) in [7, 11) is 0. The molecule has 0 spiro atoms. The zero-order valence-electron chi connectivity index (χ0n) is 9.49. The van der Waals surface area contributed by atoms with Crippen molar-refractivity contribution in [3.05, 3.63) is 41.7 Å². The Kier molecular flexibility index (Phi) is 2.94. The Balaban J connectivity index is 2.48. The standard InChI is InChI=1S/C12H10F3N3/c1-7-4-8(12(13,14)15)2-3-9(7)10-5-11(16)18-6-17-10/h2-6H,1H3,(H2,16,17,18). The number of nitrogens with zero attached hydrogens (tertiary/aromatic N) is 2. The van der Waals surface area contributed by atoms with Gasteiger partial charge < -0.3 is 5.73 Å². The molecule has 1 aromatic heterocycles. The van der Waals surface area contributed by atoms with E-state index < -0.39 is 11.7 Å². The Labute approximate surface area is 101 Å². The number of nitrogens with two attached hydrogens (primary N) is 1. The van der Waals surface area contributed by atoms with Crippen LogP contribution in [0.2, 0.25) is 0 Å². The minimum atomic E-state index is -4.34. The fourth-order valence-corrected chi connectivity index (χ4v) is 1.65. The predicted octanol–water partition coefficient (Wildman–Crippen LogP) is 3.05. The molecule has 1 aromatic carbocycles. The van der Waals surface area contributed by atoms with Crippen LogP contribution in [0.4, 0.5) is 19.0 Å². The Morgan fingerprint density at radius 1 is 1.11 bits per heavy atom. The van der Waals surface area contributed by atoms with E-state index in [2.05, 4.69) is 9.97 Å². The molecule has 2 N–H and O–H groups in total. The third-order valence-electron chi connectivity index (χ3n) is 2.52. The van der Waals surface area contributed by atoms with E-state index in [-0.39, 0.29) is 5.82 Å². The van der Waals surface area contributed by atoms with Crippen molar-refractivity contribution >= 4 is 5.82 Å². The summed E-state index contributed by atoms with van der Waals surface area (Å²) < 4.78 is 37.6. The first-order chi connectivity index (χ1) is 8.38. The van der Waals surface area contributed by atoms with Crippen LogP contribution in [0.25, 0.3) is 11.3 Å². The van der Waals surface area contributed by atoms with Crippen LogP contribution in [0.5, 0.6) is 0 Å². The van der Waals surface area contributed by atoms with Gasteiger partial charge in [-0.05, 0) is 24.6 Å². The molecule has 1 heterocycles. The van der Waals surface area contributed by atoms with E-state index in [4.69, 9.17) is 5.73 Å². The van der Waals surface area contributed by atoms with Gasteiger partial charge in [-0.2, -0.15) is 13.2 Å². The maximum atomic E-state index is 12.5. The molecule has 0 fully saturated rings. The number of rotatable bonds is 1. The monoisotopic (exact) mass is 253 g/mol. The average molecular weight is 253 g/mol. The summed E-state index contributed by atoms with van der Waals surface area (Å²) in [4.78, 5) is 7.73. The quantitative estimate of drug-likeness (QED) is 0.849. The highest BCUT2D eigenvalue weighted by Crippen LogP contribution is 2.32. The van der Waals surface area contributed by atoms with Gasteiger partial charge in [0.15, 0.2) is 0 Å². The van der Waals surface area contributed by atoms with Gasteiger partial charge in [0, 0.05) is 11.6 Å². The van der Waals surface area contributed by atoms with E-state index in [0.717, 1.165) is 12.1 Å². The minimum Gasteiger partial charge on any atom is -0.384 e. The molecule has 0 saturated carbocycles. The van der Waals surface area contributed by atoms with Crippen LogP contribution in [-0.2, 0) is 6.18 Å². The lowest BCUT2D eigenvalue weighted by Gasteiger charge is -2.10. The van der Waals surface area contributed by atoms with Gasteiger partial charge in [0.05, 0.1) is 11.3 Å². The molecule has 6 heteroatoms. The Morgan fingerprint density at radius 3 is 2.39 bits per heavy atom. The van der Waals surface area contributed by atoms with E-state index in [1.165, 1.54) is 18.5 Å². The second kappa shape index (κ2) is 4.29. The van der Waals surface area contributed by atoms with Gasteiger partial charge in [-0.15, -0.1) is 0 Å². The van der Waals surface area contributed by atoms with Crippen LogP contribution in [0, 0.1) is 6.92 Å². The molecule has 94 valence electrons. The molecule has 0 unspecified atom stereocenters. The van der Waals surface area contributed by atoms with Crippen molar-refractivity contribution in [2.24, 2.45) is 0 Å². The van der Waals surface area contributed by atoms with E-state index in [1.54, 1.807) is 6.92 Å². The van der Waals surface area contributed by atoms with Gasteiger partial charge in [0.1, 0.15) is 12.1 Å².